The number of hydrogen-bond donors (Lipinski definition) is 2. The van der Waals surface area contributed by atoms with Crippen molar-refractivity contribution in [1.82, 2.24) is 25.3 Å². The minimum atomic E-state index is -0.927. The van der Waals surface area contributed by atoms with Crippen molar-refractivity contribution in [2.45, 2.75) is 76.8 Å². The van der Waals surface area contributed by atoms with E-state index < -0.39 is 17.7 Å². The lowest BCUT2D eigenvalue weighted by atomic mass is 9.84. The number of hydrogen-bond acceptors (Lipinski definition) is 8. The van der Waals surface area contributed by atoms with Crippen molar-refractivity contribution in [3.63, 3.8) is 0 Å². The summed E-state index contributed by atoms with van der Waals surface area (Å²) in [5.74, 6) is 0.306. The van der Waals surface area contributed by atoms with E-state index in [4.69, 9.17) is 14.5 Å². The highest BCUT2D eigenvalue weighted by molar-refractivity contribution is 5.96. The lowest BCUT2D eigenvalue weighted by molar-refractivity contribution is -0.124. The third kappa shape index (κ3) is 8.98. The average molecular weight is 548 g/mol. The Balaban J connectivity index is 1.83. The Bertz CT molecular complexity index is 899. The molecule has 1 saturated carbocycles. The molecule has 3 fully saturated rings. The standard InChI is InChI=1S/C27H45N7O5/c1-4-38-25(36)30-24(33-15-17-34(18-16-33)26(37)39-5-2)29-22(19-21-9-7-6-8-10-21)23(35)31-27(20-28)11-13-32(3)14-12-27/h21-22H,4-19H2,1-3H3,(H,31,35)(H,29,30,36)/t22-/m0/s1. The fourth-order valence-corrected chi connectivity index (χ4v) is 5.46. The quantitative estimate of drug-likeness (QED) is 0.366. The highest BCUT2D eigenvalue weighted by Crippen LogP contribution is 2.29. The van der Waals surface area contributed by atoms with Crippen molar-refractivity contribution in [3.05, 3.63) is 0 Å². The molecule has 0 aromatic rings. The summed E-state index contributed by atoms with van der Waals surface area (Å²) in [4.78, 5) is 48.9. The van der Waals surface area contributed by atoms with Gasteiger partial charge in [0, 0.05) is 39.3 Å². The van der Waals surface area contributed by atoms with Gasteiger partial charge in [-0.25, -0.2) is 14.6 Å². The smallest absolute Gasteiger partial charge is 0.413 e. The Hall–Kier alpha value is -3.07. The van der Waals surface area contributed by atoms with Gasteiger partial charge in [0.25, 0.3) is 0 Å². The molecule has 0 radical (unpaired) electrons. The summed E-state index contributed by atoms with van der Waals surface area (Å²) in [7, 11) is 2.01. The summed E-state index contributed by atoms with van der Waals surface area (Å²) < 4.78 is 10.2. The number of guanidine groups is 1. The molecule has 1 aliphatic carbocycles. The largest absolute Gasteiger partial charge is 0.450 e. The van der Waals surface area contributed by atoms with E-state index in [0.717, 1.165) is 38.8 Å². The second-order valence-corrected chi connectivity index (χ2v) is 10.7. The number of carbonyl (C=O) groups excluding carboxylic acids is 3. The molecule has 1 atom stereocenters. The number of aliphatic imine (C=N–C) groups is 1. The first-order valence-corrected chi connectivity index (χ1v) is 14.4. The minimum Gasteiger partial charge on any atom is -0.450 e. The van der Waals surface area contributed by atoms with Crippen molar-refractivity contribution < 1.29 is 23.9 Å². The second-order valence-electron chi connectivity index (χ2n) is 10.7. The van der Waals surface area contributed by atoms with E-state index in [1.807, 2.05) is 11.9 Å². The van der Waals surface area contributed by atoms with Crippen LogP contribution in [-0.2, 0) is 14.3 Å². The summed E-state index contributed by atoms with van der Waals surface area (Å²) in [6.45, 7) is 7.05. The van der Waals surface area contributed by atoms with Crippen LogP contribution in [0, 0.1) is 17.2 Å². The Morgan fingerprint density at radius 2 is 1.59 bits per heavy atom. The van der Waals surface area contributed by atoms with Gasteiger partial charge in [-0.2, -0.15) is 5.26 Å². The lowest BCUT2D eigenvalue weighted by Crippen LogP contribution is -2.57. The summed E-state index contributed by atoms with van der Waals surface area (Å²) >= 11 is 0. The van der Waals surface area contributed by atoms with Gasteiger partial charge >= 0.3 is 12.2 Å². The molecule has 3 rings (SSSR count). The van der Waals surface area contributed by atoms with Crippen LogP contribution in [0.4, 0.5) is 9.59 Å². The van der Waals surface area contributed by atoms with Crippen LogP contribution in [-0.4, -0.2) is 110 Å². The predicted molar refractivity (Wildman–Crippen MR) is 146 cm³/mol. The maximum atomic E-state index is 13.8. The van der Waals surface area contributed by atoms with Gasteiger partial charge in [-0.3, -0.25) is 10.1 Å². The number of piperazine rings is 1. The van der Waals surface area contributed by atoms with Crippen LogP contribution in [0.5, 0.6) is 0 Å². The molecule has 2 aliphatic heterocycles. The van der Waals surface area contributed by atoms with E-state index in [-0.39, 0.29) is 24.6 Å². The molecular weight excluding hydrogens is 502 g/mol. The van der Waals surface area contributed by atoms with E-state index >= 15 is 0 Å². The number of likely N-dealkylation sites (tertiary alicyclic amines) is 1. The van der Waals surface area contributed by atoms with E-state index in [9.17, 15) is 19.6 Å². The number of nitrogens with one attached hydrogen (secondary N) is 2. The van der Waals surface area contributed by atoms with Crippen LogP contribution < -0.4 is 10.6 Å². The molecule has 0 aromatic heterocycles. The molecule has 0 bridgehead atoms. The minimum absolute atomic E-state index is 0.195. The monoisotopic (exact) mass is 547 g/mol. The third-order valence-corrected chi connectivity index (χ3v) is 7.87. The summed E-state index contributed by atoms with van der Waals surface area (Å²) in [6.07, 6.45) is 6.14. The van der Waals surface area contributed by atoms with Gasteiger partial charge in [0.05, 0.1) is 19.3 Å². The summed E-state index contributed by atoms with van der Waals surface area (Å²) in [5, 5.41) is 15.8. The van der Waals surface area contributed by atoms with Crippen molar-refractivity contribution in [3.8, 4) is 6.07 Å². The molecule has 39 heavy (non-hydrogen) atoms. The fraction of sp³-hybridized carbons (Fsp3) is 0.815. The number of ether oxygens (including phenoxy) is 2. The molecule has 0 spiro atoms. The van der Waals surface area contributed by atoms with Gasteiger partial charge < -0.3 is 29.5 Å². The molecule has 2 heterocycles. The highest BCUT2D eigenvalue weighted by atomic mass is 16.6. The van der Waals surface area contributed by atoms with E-state index in [1.165, 1.54) is 6.42 Å². The Kier molecular flexibility index (Phi) is 11.7. The van der Waals surface area contributed by atoms with Crippen LogP contribution in [0.15, 0.2) is 4.99 Å². The first-order chi connectivity index (χ1) is 18.8. The molecule has 2 saturated heterocycles. The number of nitriles is 1. The highest BCUT2D eigenvalue weighted by Gasteiger charge is 2.38. The van der Waals surface area contributed by atoms with E-state index in [1.54, 1.807) is 18.7 Å². The molecule has 0 unspecified atom stereocenters. The number of rotatable bonds is 7. The normalized spacial score (nSPS) is 21.4. The number of piperidine rings is 1. The molecule has 218 valence electrons. The number of amides is 3. The molecular formula is C27H45N7O5. The van der Waals surface area contributed by atoms with E-state index in [2.05, 4.69) is 21.6 Å². The molecule has 12 nitrogen and oxygen atoms in total. The zero-order valence-electron chi connectivity index (χ0n) is 23.7. The molecule has 3 aliphatic rings. The fourth-order valence-electron chi connectivity index (χ4n) is 5.46. The Labute approximate surface area is 232 Å². The SMILES string of the molecule is CCOC(=O)NC(=N[C@@H](CC1CCCCC1)C(=O)NC1(C#N)CCN(C)CC1)N1CCN(C(=O)OCC)CC1. The van der Waals surface area contributed by atoms with Crippen LogP contribution in [0.1, 0.15) is 65.2 Å². The predicted octanol–water partition coefficient (Wildman–Crippen LogP) is 2.31. The van der Waals surface area contributed by atoms with Crippen molar-refractivity contribution in [2.75, 3.05) is 59.5 Å². The first-order valence-electron chi connectivity index (χ1n) is 14.4. The van der Waals surface area contributed by atoms with Gasteiger partial charge in [0.15, 0.2) is 0 Å². The number of nitrogens with zero attached hydrogens (tertiary/aromatic N) is 5. The number of alkyl carbamates (subject to hydrolysis) is 1. The maximum Gasteiger partial charge on any atom is 0.413 e. The third-order valence-electron chi connectivity index (χ3n) is 7.87. The van der Waals surface area contributed by atoms with Gasteiger partial charge in [0.1, 0.15) is 11.6 Å². The Morgan fingerprint density at radius 3 is 2.18 bits per heavy atom. The lowest BCUT2D eigenvalue weighted by Gasteiger charge is -2.38. The van der Waals surface area contributed by atoms with Crippen molar-refractivity contribution in [1.29, 1.82) is 5.26 Å². The second kappa shape index (κ2) is 14.9. The summed E-state index contributed by atoms with van der Waals surface area (Å²) in [5.41, 5.74) is -0.927. The van der Waals surface area contributed by atoms with Crippen molar-refractivity contribution in [2.24, 2.45) is 10.9 Å². The van der Waals surface area contributed by atoms with Crippen LogP contribution in [0.2, 0.25) is 0 Å². The molecule has 2 N–H and O–H groups in total. The van der Waals surface area contributed by atoms with Crippen molar-refractivity contribution >= 4 is 24.1 Å². The van der Waals surface area contributed by atoms with Gasteiger partial charge in [-0.15, -0.1) is 0 Å². The summed E-state index contributed by atoms with van der Waals surface area (Å²) in [6, 6.07) is 1.60. The first kappa shape index (κ1) is 30.5. The topological polar surface area (TPSA) is 140 Å². The Morgan fingerprint density at radius 1 is 0.974 bits per heavy atom. The molecule has 0 aromatic carbocycles. The van der Waals surface area contributed by atoms with Gasteiger partial charge in [0.2, 0.25) is 11.9 Å². The van der Waals surface area contributed by atoms with E-state index in [0.29, 0.717) is 58.0 Å². The molecule has 12 heteroatoms. The average Bonchev–Trinajstić information content (AvgIpc) is 2.94. The zero-order chi connectivity index (χ0) is 28.3. The van der Waals surface area contributed by atoms with Gasteiger partial charge in [-0.1, -0.05) is 32.1 Å². The zero-order valence-corrected chi connectivity index (χ0v) is 23.7. The maximum absolute atomic E-state index is 13.8. The molecule has 3 amide bonds. The van der Waals surface area contributed by atoms with Crippen LogP contribution in [0.3, 0.4) is 0 Å². The van der Waals surface area contributed by atoms with Gasteiger partial charge in [-0.05, 0) is 46.1 Å². The van der Waals surface area contributed by atoms with Crippen LogP contribution >= 0.6 is 0 Å². The number of carbonyl (C=O) groups is 3. The van der Waals surface area contributed by atoms with Crippen LogP contribution in [0.25, 0.3) is 0 Å².